The Hall–Kier alpha value is 0.0249. The number of aliphatic hydroxyl groups excluding tert-OH is 1. The molecule has 50 valence electrons. The van der Waals surface area contributed by atoms with Crippen molar-refractivity contribution in [1.29, 1.82) is 0 Å². The topological polar surface area (TPSA) is 20.2 Å². The summed E-state index contributed by atoms with van der Waals surface area (Å²) in [6, 6.07) is 0. The fourth-order valence-corrected chi connectivity index (χ4v) is 1.56. The van der Waals surface area contributed by atoms with E-state index in [-0.39, 0.29) is 0 Å². The summed E-state index contributed by atoms with van der Waals surface area (Å²) in [5, 5.41) is 8.75. The zero-order valence-electron chi connectivity index (χ0n) is 5.88. The van der Waals surface area contributed by atoms with Gasteiger partial charge in [0.05, 0.1) is 7.85 Å². The normalized spacial score (nSPS) is 43.6. The van der Waals surface area contributed by atoms with Gasteiger partial charge in [-0.3, -0.25) is 0 Å². The Morgan fingerprint density at radius 1 is 1.56 bits per heavy atom. The van der Waals surface area contributed by atoms with E-state index in [9.17, 15) is 0 Å². The summed E-state index contributed by atoms with van der Waals surface area (Å²) in [5.41, 5.74) is 0. The monoisotopic (exact) mass is 124 g/mol. The van der Waals surface area contributed by atoms with Crippen molar-refractivity contribution in [3.8, 4) is 0 Å². The highest BCUT2D eigenvalue weighted by atomic mass is 16.3. The van der Waals surface area contributed by atoms with Crippen molar-refractivity contribution >= 4 is 7.85 Å². The molecule has 9 heavy (non-hydrogen) atoms. The van der Waals surface area contributed by atoms with Gasteiger partial charge in [-0.1, -0.05) is 19.2 Å². The lowest BCUT2D eigenvalue weighted by Crippen LogP contribution is -1.99. The molecule has 1 aliphatic carbocycles. The van der Waals surface area contributed by atoms with Crippen LogP contribution in [0.1, 0.15) is 19.8 Å². The van der Waals surface area contributed by atoms with Crippen molar-refractivity contribution in [2.24, 2.45) is 11.8 Å². The van der Waals surface area contributed by atoms with E-state index in [1.807, 2.05) is 0 Å². The highest BCUT2D eigenvalue weighted by Crippen LogP contribution is 2.37. The van der Waals surface area contributed by atoms with E-state index in [1.54, 1.807) is 0 Å². The molecule has 2 radical (unpaired) electrons. The molecule has 2 heteroatoms. The molecule has 0 bridgehead atoms. The fourth-order valence-electron chi connectivity index (χ4n) is 1.56. The minimum Gasteiger partial charge on any atom is -0.396 e. The first-order chi connectivity index (χ1) is 4.24. The minimum atomic E-state index is 0.318. The van der Waals surface area contributed by atoms with Crippen LogP contribution in [0.3, 0.4) is 0 Å². The summed E-state index contributed by atoms with van der Waals surface area (Å²) in [6.07, 6.45) is 2.12. The van der Waals surface area contributed by atoms with Gasteiger partial charge in [0.25, 0.3) is 0 Å². The molecule has 0 amide bonds. The Morgan fingerprint density at radius 3 is 2.44 bits per heavy atom. The SMILES string of the molecule is [B][C@@H]1C[C@H](CO)C[C@@H]1C. The molecule has 0 heterocycles. The molecule has 3 atom stereocenters. The van der Waals surface area contributed by atoms with Crippen LogP contribution in [0.5, 0.6) is 0 Å². The maximum absolute atomic E-state index is 8.75. The Morgan fingerprint density at radius 2 is 2.22 bits per heavy atom. The maximum Gasteiger partial charge on any atom is 0.0703 e. The van der Waals surface area contributed by atoms with Gasteiger partial charge in [-0.2, -0.15) is 0 Å². The van der Waals surface area contributed by atoms with E-state index >= 15 is 0 Å². The highest BCUT2D eigenvalue weighted by Gasteiger charge is 2.26. The molecule has 1 fully saturated rings. The van der Waals surface area contributed by atoms with Gasteiger partial charge in [-0.25, -0.2) is 0 Å². The van der Waals surface area contributed by atoms with Crippen LogP contribution >= 0.6 is 0 Å². The molecule has 0 aliphatic heterocycles. The third-order valence-corrected chi connectivity index (χ3v) is 2.30. The number of hydrogen-bond acceptors (Lipinski definition) is 1. The van der Waals surface area contributed by atoms with Crippen molar-refractivity contribution in [2.45, 2.75) is 25.6 Å². The van der Waals surface area contributed by atoms with Gasteiger partial charge in [-0.15, -0.1) is 0 Å². The summed E-state index contributed by atoms with van der Waals surface area (Å²) in [7, 11) is 5.73. The molecule has 0 aromatic carbocycles. The van der Waals surface area contributed by atoms with Crippen molar-refractivity contribution in [3.05, 3.63) is 0 Å². The second-order valence-electron chi connectivity index (χ2n) is 3.16. The van der Waals surface area contributed by atoms with E-state index in [1.165, 1.54) is 0 Å². The van der Waals surface area contributed by atoms with Crippen LogP contribution in [0.15, 0.2) is 0 Å². The van der Waals surface area contributed by atoms with E-state index in [4.69, 9.17) is 13.0 Å². The average Bonchev–Trinajstić information content (AvgIpc) is 2.13. The van der Waals surface area contributed by atoms with Crippen molar-refractivity contribution in [3.63, 3.8) is 0 Å². The maximum atomic E-state index is 8.75. The summed E-state index contributed by atoms with van der Waals surface area (Å²) in [6.45, 7) is 2.47. The predicted octanol–water partition coefficient (Wildman–Crippen LogP) is 0.982. The van der Waals surface area contributed by atoms with E-state index in [0.717, 1.165) is 12.8 Å². The summed E-state index contributed by atoms with van der Waals surface area (Å²) in [4.78, 5) is 0. The van der Waals surface area contributed by atoms with Crippen LogP contribution in [0.4, 0.5) is 0 Å². The van der Waals surface area contributed by atoms with Gasteiger partial charge in [0.2, 0.25) is 0 Å². The second kappa shape index (κ2) is 2.74. The van der Waals surface area contributed by atoms with Crippen molar-refractivity contribution in [2.75, 3.05) is 6.61 Å². The molecule has 0 spiro atoms. The predicted molar refractivity (Wildman–Crippen MR) is 38.5 cm³/mol. The number of aliphatic hydroxyl groups is 1. The average molecular weight is 124 g/mol. The number of rotatable bonds is 1. The first-order valence-corrected chi connectivity index (χ1v) is 3.60. The van der Waals surface area contributed by atoms with Gasteiger partial charge >= 0.3 is 0 Å². The summed E-state index contributed by atoms with van der Waals surface area (Å²) >= 11 is 0. The lowest BCUT2D eigenvalue weighted by atomic mass is 9.80. The molecule has 0 aromatic heterocycles. The van der Waals surface area contributed by atoms with Gasteiger partial charge in [0.15, 0.2) is 0 Å². The molecular formula is C7H13BO. The molecular weight excluding hydrogens is 111 g/mol. The van der Waals surface area contributed by atoms with E-state index in [2.05, 4.69) is 6.92 Å². The van der Waals surface area contributed by atoms with E-state index < -0.39 is 0 Å². The molecule has 0 aromatic rings. The number of hydrogen-bond donors (Lipinski definition) is 1. The van der Waals surface area contributed by atoms with Crippen LogP contribution in [-0.2, 0) is 0 Å². The van der Waals surface area contributed by atoms with Crippen LogP contribution in [0.25, 0.3) is 0 Å². The molecule has 1 saturated carbocycles. The fraction of sp³-hybridized carbons (Fsp3) is 1.00. The lowest BCUT2D eigenvalue weighted by molar-refractivity contribution is 0.227. The second-order valence-corrected chi connectivity index (χ2v) is 3.16. The van der Waals surface area contributed by atoms with Crippen molar-refractivity contribution in [1.82, 2.24) is 0 Å². The summed E-state index contributed by atoms with van der Waals surface area (Å²) < 4.78 is 0. The van der Waals surface area contributed by atoms with Crippen LogP contribution < -0.4 is 0 Å². The molecule has 1 nitrogen and oxygen atoms in total. The smallest absolute Gasteiger partial charge is 0.0703 e. The van der Waals surface area contributed by atoms with Gasteiger partial charge in [0, 0.05) is 6.61 Å². The summed E-state index contributed by atoms with van der Waals surface area (Å²) in [5.74, 6) is 1.43. The van der Waals surface area contributed by atoms with Crippen LogP contribution in [0, 0.1) is 11.8 Å². The molecule has 0 saturated heterocycles. The molecule has 1 rings (SSSR count). The third kappa shape index (κ3) is 1.48. The third-order valence-electron chi connectivity index (χ3n) is 2.30. The minimum absolute atomic E-state index is 0.318. The first-order valence-electron chi connectivity index (χ1n) is 3.60. The highest BCUT2D eigenvalue weighted by molar-refractivity contribution is 6.11. The van der Waals surface area contributed by atoms with E-state index in [0.29, 0.717) is 24.3 Å². The zero-order valence-corrected chi connectivity index (χ0v) is 5.88. The quantitative estimate of drug-likeness (QED) is 0.516. The Balaban J connectivity index is 2.35. The molecule has 0 unspecified atom stereocenters. The van der Waals surface area contributed by atoms with Crippen LogP contribution in [0.2, 0.25) is 5.82 Å². The van der Waals surface area contributed by atoms with Gasteiger partial charge in [-0.05, 0) is 18.3 Å². The van der Waals surface area contributed by atoms with Crippen molar-refractivity contribution < 1.29 is 5.11 Å². The first kappa shape index (κ1) is 7.14. The zero-order chi connectivity index (χ0) is 6.85. The van der Waals surface area contributed by atoms with Crippen LogP contribution in [-0.4, -0.2) is 19.6 Å². The molecule has 1 aliphatic rings. The molecule has 1 N–H and O–H groups in total. The largest absolute Gasteiger partial charge is 0.396 e. The standard InChI is InChI=1S/C7H13BO/c1-5-2-6(4-9)3-7(5)8/h5-7,9H,2-4H2,1H3/t5-,6+,7+/m0/s1. The lowest BCUT2D eigenvalue weighted by Gasteiger charge is -2.05. The Kier molecular flexibility index (Phi) is 2.17. The van der Waals surface area contributed by atoms with Gasteiger partial charge in [0.1, 0.15) is 0 Å². The Labute approximate surface area is 57.9 Å². The van der Waals surface area contributed by atoms with Gasteiger partial charge < -0.3 is 5.11 Å². The Bertz CT molecular complexity index is 84.9.